The molecule has 0 unspecified atom stereocenters. The van der Waals surface area contributed by atoms with Crippen molar-refractivity contribution in [3.05, 3.63) is 65.4 Å². The number of aromatic nitrogens is 2. The molecule has 1 aliphatic heterocycles. The number of anilines is 3. The minimum Gasteiger partial charge on any atom is -0.340 e. The molecule has 0 spiro atoms. The number of fused-ring (bicyclic) bond motifs is 1. The Bertz CT molecular complexity index is 1060. The summed E-state index contributed by atoms with van der Waals surface area (Å²) in [5, 5.41) is 7.10. The fourth-order valence-electron chi connectivity index (χ4n) is 3.57. The third-order valence-corrected chi connectivity index (χ3v) is 5.56. The van der Waals surface area contributed by atoms with Crippen molar-refractivity contribution in [2.45, 2.75) is 19.3 Å². The summed E-state index contributed by atoms with van der Waals surface area (Å²) in [5.41, 5.74) is 2.43. The molecule has 0 atom stereocenters. The van der Waals surface area contributed by atoms with Gasteiger partial charge < -0.3 is 10.6 Å². The van der Waals surface area contributed by atoms with Crippen LogP contribution in [0.4, 0.5) is 17.2 Å². The van der Waals surface area contributed by atoms with Crippen molar-refractivity contribution in [3.63, 3.8) is 0 Å². The number of carbonyl (C=O) groups is 1. The van der Waals surface area contributed by atoms with E-state index in [9.17, 15) is 4.79 Å². The van der Waals surface area contributed by atoms with Gasteiger partial charge in [0, 0.05) is 33.9 Å². The number of halogens is 1. The first-order valence-corrected chi connectivity index (χ1v) is 10.9. The van der Waals surface area contributed by atoms with Crippen molar-refractivity contribution < 1.29 is 4.79 Å². The van der Waals surface area contributed by atoms with Crippen LogP contribution in [0.2, 0.25) is 0 Å². The molecule has 0 aliphatic carbocycles. The summed E-state index contributed by atoms with van der Waals surface area (Å²) in [6, 6.07) is 13.5. The van der Waals surface area contributed by atoms with Gasteiger partial charge in [0.15, 0.2) is 0 Å². The fourth-order valence-corrected chi connectivity index (χ4v) is 3.97. The lowest BCUT2D eigenvalue weighted by Gasteiger charge is -2.24. The lowest BCUT2D eigenvalue weighted by molar-refractivity contribution is -0.111. The summed E-state index contributed by atoms with van der Waals surface area (Å²) in [6.45, 7) is 3.05. The molecule has 7 heteroatoms. The summed E-state index contributed by atoms with van der Waals surface area (Å²) < 4.78 is 0.982. The Morgan fingerprint density at radius 3 is 2.77 bits per heavy atom. The molecule has 3 aromatic rings. The number of likely N-dealkylation sites (tertiary alicyclic amines) is 1. The topological polar surface area (TPSA) is 70.2 Å². The number of nitrogens with one attached hydrogen (secondary N) is 2. The van der Waals surface area contributed by atoms with Crippen molar-refractivity contribution in [1.82, 2.24) is 14.9 Å². The Labute approximate surface area is 184 Å². The predicted molar refractivity (Wildman–Crippen MR) is 125 cm³/mol. The molecule has 0 radical (unpaired) electrons. The lowest BCUT2D eigenvalue weighted by Crippen LogP contribution is -2.29. The highest BCUT2D eigenvalue weighted by molar-refractivity contribution is 9.10. The molecule has 154 valence electrons. The van der Waals surface area contributed by atoms with Gasteiger partial charge in [0.05, 0.1) is 5.52 Å². The van der Waals surface area contributed by atoms with Crippen molar-refractivity contribution >= 4 is 49.9 Å². The first-order chi connectivity index (χ1) is 14.7. The molecule has 2 heterocycles. The number of piperidine rings is 1. The van der Waals surface area contributed by atoms with Crippen molar-refractivity contribution in [2.75, 3.05) is 30.3 Å². The molecule has 0 bridgehead atoms. The van der Waals surface area contributed by atoms with Gasteiger partial charge >= 0.3 is 0 Å². The van der Waals surface area contributed by atoms with Crippen molar-refractivity contribution in [2.24, 2.45) is 0 Å². The molecule has 1 saturated heterocycles. The summed E-state index contributed by atoms with van der Waals surface area (Å²) in [7, 11) is 0. The van der Waals surface area contributed by atoms with Crippen LogP contribution in [0.1, 0.15) is 19.3 Å². The van der Waals surface area contributed by atoms with Crippen LogP contribution in [-0.2, 0) is 4.79 Å². The molecular weight excluding hydrogens is 441 g/mol. The van der Waals surface area contributed by atoms with E-state index < -0.39 is 0 Å². The minimum atomic E-state index is -0.135. The highest BCUT2D eigenvalue weighted by atomic mass is 79.9. The van der Waals surface area contributed by atoms with Crippen LogP contribution in [0.5, 0.6) is 0 Å². The summed E-state index contributed by atoms with van der Waals surface area (Å²) in [5.74, 6) is 0.555. The van der Waals surface area contributed by atoms with Crippen molar-refractivity contribution in [1.29, 1.82) is 0 Å². The number of hydrogen-bond donors (Lipinski definition) is 2. The smallest absolute Gasteiger partial charge is 0.248 e. The largest absolute Gasteiger partial charge is 0.340 e. The lowest BCUT2D eigenvalue weighted by atomic mass is 10.00. The summed E-state index contributed by atoms with van der Waals surface area (Å²) >= 11 is 3.48. The molecule has 2 N–H and O–H groups in total. The second-order valence-corrected chi connectivity index (χ2v) is 8.26. The molecule has 2 aromatic carbocycles. The maximum absolute atomic E-state index is 12.3. The van der Waals surface area contributed by atoms with Crippen LogP contribution in [0.25, 0.3) is 10.9 Å². The average molecular weight is 465 g/mol. The van der Waals surface area contributed by atoms with E-state index in [-0.39, 0.29) is 5.91 Å². The van der Waals surface area contributed by atoms with E-state index in [0.29, 0.717) is 11.5 Å². The Hall–Kier alpha value is -2.77. The van der Waals surface area contributed by atoms with E-state index >= 15 is 0 Å². The highest BCUT2D eigenvalue weighted by Gasteiger charge is 2.09. The van der Waals surface area contributed by atoms with Crippen LogP contribution >= 0.6 is 15.9 Å². The average Bonchev–Trinajstić information content (AvgIpc) is 2.75. The van der Waals surface area contributed by atoms with E-state index in [1.807, 2.05) is 48.5 Å². The number of nitrogens with zero attached hydrogens (tertiary/aromatic N) is 3. The van der Waals surface area contributed by atoms with Gasteiger partial charge in [0.25, 0.3) is 0 Å². The van der Waals surface area contributed by atoms with Crippen molar-refractivity contribution in [3.8, 4) is 0 Å². The number of amides is 1. The van der Waals surface area contributed by atoms with Gasteiger partial charge in [-0.25, -0.2) is 9.97 Å². The maximum atomic E-state index is 12.3. The normalized spacial score (nSPS) is 14.8. The number of hydrogen-bond acceptors (Lipinski definition) is 5. The first-order valence-electron chi connectivity index (χ1n) is 10.1. The zero-order chi connectivity index (χ0) is 20.8. The van der Waals surface area contributed by atoms with Gasteiger partial charge in [-0.3, -0.25) is 9.69 Å². The van der Waals surface area contributed by atoms with Crippen LogP contribution in [0, 0.1) is 0 Å². The van der Waals surface area contributed by atoms with Gasteiger partial charge in [-0.15, -0.1) is 0 Å². The van der Waals surface area contributed by atoms with Gasteiger partial charge in [0.2, 0.25) is 5.91 Å². The zero-order valence-electron chi connectivity index (χ0n) is 16.6. The number of rotatable bonds is 6. The molecule has 1 aliphatic rings. The Kier molecular flexibility index (Phi) is 6.71. The summed E-state index contributed by atoms with van der Waals surface area (Å²) in [6.07, 6.45) is 8.88. The van der Waals surface area contributed by atoms with Crippen LogP contribution in [0.3, 0.4) is 0 Å². The number of carbonyl (C=O) groups excluding carboxylic acids is 1. The molecule has 6 nitrogen and oxygen atoms in total. The highest BCUT2D eigenvalue weighted by Crippen LogP contribution is 2.27. The van der Waals surface area contributed by atoms with E-state index in [1.54, 1.807) is 6.08 Å². The van der Waals surface area contributed by atoms with Crippen LogP contribution < -0.4 is 10.6 Å². The second-order valence-electron chi connectivity index (χ2n) is 7.34. The predicted octanol–water partition coefficient (Wildman–Crippen LogP) is 5.12. The molecule has 4 rings (SSSR count). The Morgan fingerprint density at radius 1 is 1.07 bits per heavy atom. The molecule has 30 heavy (non-hydrogen) atoms. The first kappa shape index (κ1) is 20.5. The van der Waals surface area contributed by atoms with E-state index in [0.717, 1.165) is 40.7 Å². The molecular formula is C23H24BrN5O. The van der Waals surface area contributed by atoms with E-state index in [2.05, 4.69) is 41.4 Å². The summed E-state index contributed by atoms with van der Waals surface area (Å²) in [4.78, 5) is 23.4. The minimum absolute atomic E-state index is 0.135. The monoisotopic (exact) mass is 464 g/mol. The number of benzene rings is 2. The Morgan fingerprint density at radius 2 is 1.93 bits per heavy atom. The van der Waals surface area contributed by atoms with E-state index in [4.69, 9.17) is 0 Å². The second kappa shape index (κ2) is 9.82. The third-order valence-electron chi connectivity index (χ3n) is 5.07. The molecule has 1 fully saturated rings. The van der Waals surface area contributed by atoms with Crippen LogP contribution in [0.15, 0.2) is 65.4 Å². The van der Waals surface area contributed by atoms with Gasteiger partial charge in [-0.1, -0.05) is 34.5 Å². The Balaban J connectivity index is 1.46. The molecule has 1 amide bonds. The van der Waals surface area contributed by atoms with Gasteiger partial charge in [0.1, 0.15) is 12.1 Å². The molecule has 0 saturated carbocycles. The van der Waals surface area contributed by atoms with Gasteiger partial charge in [-0.05, 0) is 62.3 Å². The van der Waals surface area contributed by atoms with E-state index in [1.165, 1.54) is 25.6 Å². The zero-order valence-corrected chi connectivity index (χ0v) is 18.2. The van der Waals surface area contributed by atoms with Crippen LogP contribution in [-0.4, -0.2) is 40.4 Å². The third kappa shape index (κ3) is 5.43. The maximum Gasteiger partial charge on any atom is 0.248 e. The quantitative estimate of drug-likeness (QED) is 0.495. The SMILES string of the molecule is O=[11C](/C=C/CN1CCCCC1)Nc1ccc2ncnc(Nc3cccc(Br)c3)c2c1. The fraction of sp³-hybridized carbons (Fsp3) is 0.261. The van der Waals surface area contributed by atoms with Gasteiger partial charge in [-0.2, -0.15) is 0 Å². The molecule has 1 aromatic heterocycles. The standard InChI is InChI=1S/C23H24BrN5O/c24-17-6-4-7-18(14-17)28-23-20-15-19(9-10-21(20)25-16-26-23)27-22(30)8-5-13-29-11-2-1-3-12-29/h4-10,14-16H,1-3,11-13H2,(H,27,30)(H,25,26,28)/b8-5+/i22-1.